The molecule has 0 spiro atoms. The predicted octanol–water partition coefficient (Wildman–Crippen LogP) is 3.49. The van der Waals surface area contributed by atoms with Crippen LogP contribution in [0.25, 0.3) is 0 Å². The quantitative estimate of drug-likeness (QED) is 0.905. The number of hydrogen-bond acceptors (Lipinski definition) is 4. The van der Waals surface area contributed by atoms with Crippen LogP contribution in [0.15, 0.2) is 42.6 Å². The van der Waals surface area contributed by atoms with Crippen LogP contribution in [-0.4, -0.2) is 16.9 Å². The van der Waals surface area contributed by atoms with E-state index in [0.29, 0.717) is 11.6 Å². The Morgan fingerprint density at radius 2 is 1.83 bits per heavy atom. The summed E-state index contributed by atoms with van der Waals surface area (Å²) >= 11 is 0. The number of nitrogens with two attached hydrogens (primary N) is 1. The van der Waals surface area contributed by atoms with Crippen molar-refractivity contribution in [3.63, 3.8) is 0 Å². The molecule has 1 aromatic carbocycles. The van der Waals surface area contributed by atoms with Gasteiger partial charge in [0.2, 0.25) is 11.8 Å². The predicted molar refractivity (Wildman–Crippen MR) is 91.6 cm³/mol. The largest absolute Gasteiger partial charge is 0.439 e. The summed E-state index contributed by atoms with van der Waals surface area (Å²) in [6, 6.07) is 10.6. The molecule has 1 aromatic heterocycles. The highest BCUT2D eigenvalue weighted by molar-refractivity contribution is 5.95. The number of pyridine rings is 1. The van der Waals surface area contributed by atoms with Gasteiger partial charge in [0.25, 0.3) is 0 Å². The smallest absolute Gasteiger partial charge is 0.241 e. The van der Waals surface area contributed by atoms with Gasteiger partial charge in [0.15, 0.2) is 0 Å². The van der Waals surface area contributed by atoms with Crippen LogP contribution in [-0.2, 0) is 4.79 Å². The van der Waals surface area contributed by atoms with Gasteiger partial charge in [-0.15, -0.1) is 0 Å². The summed E-state index contributed by atoms with van der Waals surface area (Å²) < 4.78 is 5.65. The van der Waals surface area contributed by atoms with E-state index in [1.54, 1.807) is 18.3 Å². The Kier molecular flexibility index (Phi) is 5.01. The number of aryl methyl sites for hydroxylation is 1. The Balaban J connectivity index is 1.99. The highest BCUT2D eigenvalue weighted by Gasteiger charge is 2.27. The van der Waals surface area contributed by atoms with E-state index in [-0.39, 0.29) is 11.3 Å². The lowest BCUT2D eigenvalue weighted by atomic mass is 9.87. The average Bonchev–Trinajstić information content (AvgIpc) is 2.50. The van der Waals surface area contributed by atoms with Gasteiger partial charge in [-0.3, -0.25) is 4.79 Å². The number of rotatable bonds is 4. The van der Waals surface area contributed by atoms with Gasteiger partial charge in [0.05, 0.1) is 17.9 Å². The van der Waals surface area contributed by atoms with Gasteiger partial charge < -0.3 is 15.8 Å². The molecular weight excluding hydrogens is 290 g/mol. The second-order valence-corrected chi connectivity index (χ2v) is 6.63. The minimum Gasteiger partial charge on any atom is -0.439 e. The number of nitrogens with zero attached hydrogens (tertiary/aromatic N) is 1. The molecule has 2 aromatic rings. The maximum Gasteiger partial charge on any atom is 0.241 e. The molecular formula is C18H23N3O2. The standard InChI is InChI=1S/C18H23N3O2/c1-12-5-8-14(9-6-12)23-15-10-7-13(11-20-15)21-17(22)16(19)18(2,3)4/h5-11,16H,19H2,1-4H3,(H,21,22)/t16-/m1/s1. The summed E-state index contributed by atoms with van der Waals surface area (Å²) in [5.41, 5.74) is 7.38. The number of carbonyl (C=O) groups is 1. The van der Waals surface area contributed by atoms with Crippen LogP contribution >= 0.6 is 0 Å². The zero-order valence-electron chi connectivity index (χ0n) is 14.0. The third kappa shape index (κ3) is 4.79. The molecule has 0 radical (unpaired) electrons. The highest BCUT2D eigenvalue weighted by atomic mass is 16.5. The van der Waals surface area contributed by atoms with Gasteiger partial charge >= 0.3 is 0 Å². The Morgan fingerprint density at radius 1 is 1.17 bits per heavy atom. The monoisotopic (exact) mass is 313 g/mol. The van der Waals surface area contributed by atoms with E-state index in [9.17, 15) is 4.79 Å². The van der Waals surface area contributed by atoms with E-state index < -0.39 is 6.04 Å². The molecule has 0 bridgehead atoms. The molecule has 1 amide bonds. The Morgan fingerprint density at radius 3 is 2.35 bits per heavy atom. The average molecular weight is 313 g/mol. The molecule has 1 heterocycles. The maximum absolute atomic E-state index is 12.1. The number of nitrogens with one attached hydrogen (secondary N) is 1. The van der Waals surface area contributed by atoms with Crippen molar-refractivity contribution in [3.05, 3.63) is 48.2 Å². The van der Waals surface area contributed by atoms with Crippen LogP contribution in [0.5, 0.6) is 11.6 Å². The summed E-state index contributed by atoms with van der Waals surface area (Å²) in [4.78, 5) is 16.3. The molecule has 1 atom stereocenters. The van der Waals surface area contributed by atoms with Gasteiger partial charge in [0.1, 0.15) is 5.75 Å². The molecule has 122 valence electrons. The number of ether oxygens (including phenoxy) is 1. The molecule has 0 saturated heterocycles. The van der Waals surface area contributed by atoms with Crippen LogP contribution in [0.2, 0.25) is 0 Å². The van der Waals surface area contributed by atoms with Crippen molar-refractivity contribution in [1.82, 2.24) is 4.98 Å². The molecule has 0 unspecified atom stereocenters. The van der Waals surface area contributed by atoms with Crippen molar-refractivity contribution < 1.29 is 9.53 Å². The van der Waals surface area contributed by atoms with Crippen molar-refractivity contribution in [2.45, 2.75) is 33.7 Å². The second kappa shape index (κ2) is 6.79. The van der Waals surface area contributed by atoms with Gasteiger partial charge in [-0.05, 0) is 30.5 Å². The fraction of sp³-hybridized carbons (Fsp3) is 0.333. The molecule has 0 aliphatic rings. The van der Waals surface area contributed by atoms with Gasteiger partial charge in [-0.25, -0.2) is 4.98 Å². The third-order valence-corrected chi connectivity index (χ3v) is 3.46. The highest BCUT2D eigenvalue weighted by Crippen LogP contribution is 2.22. The number of benzene rings is 1. The van der Waals surface area contributed by atoms with Crippen molar-refractivity contribution in [2.24, 2.45) is 11.1 Å². The van der Waals surface area contributed by atoms with Crippen LogP contribution in [0.3, 0.4) is 0 Å². The lowest BCUT2D eigenvalue weighted by Crippen LogP contribution is -2.45. The fourth-order valence-electron chi connectivity index (χ4n) is 1.85. The van der Waals surface area contributed by atoms with Crippen LogP contribution in [0.1, 0.15) is 26.3 Å². The summed E-state index contributed by atoms with van der Waals surface area (Å²) in [6.07, 6.45) is 1.55. The van der Waals surface area contributed by atoms with Gasteiger partial charge in [-0.1, -0.05) is 38.5 Å². The van der Waals surface area contributed by atoms with Crippen molar-refractivity contribution in [2.75, 3.05) is 5.32 Å². The van der Waals surface area contributed by atoms with Crippen LogP contribution in [0, 0.1) is 12.3 Å². The zero-order chi connectivity index (χ0) is 17.0. The molecule has 0 aliphatic heterocycles. The van der Waals surface area contributed by atoms with Crippen LogP contribution in [0.4, 0.5) is 5.69 Å². The first kappa shape index (κ1) is 17.0. The lowest BCUT2D eigenvalue weighted by molar-refractivity contribution is -0.119. The summed E-state index contributed by atoms with van der Waals surface area (Å²) in [5.74, 6) is 0.952. The first-order chi connectivity index (χ1) is 10.8. The molecule has 2 rings (SSSR count). The Labute approximate surface area is 136 Å². The van der Waals surface area contributed by atoms with E-state index in [1.807, 2.05) is 52.0 Å². The lowest BCUT2D eigenvalue weighted by Gasteiger charge is -2.25. The molecule has 0 aliphatic carbocycles. The summed E-state index contributed by atoms with van der Waals surface area (Å²) in [5, 5.41) is 2.76. The van der Waals surface area contributed by atoms with E-state index >= 15 is 0 Å². The second-order valence-electron chi connectivity index (χ2n) is 6.63. The van der Waals surface area contributed by atoms with Crippen molar-refractivity contribution in [3.8, 4) is 11.6 Å². The Bertz CT molecular complexity index is 658. The number of aromatic nitrogens is 1. The van der Waals surface area contributed by atoms with E-state index in [2.05, 4.69) is 10.3 Å². The van der Waals surface area contributed by atoms with Gasteiger partial charge in [-0.2, -0.15) is 0 Å². The molecule has 5 nitrogen and oxygen atoms in total. The van der Waals surface area contributed by atoms with E-state index in [4.69, 9.17) is 10.5 Å². The SMILES string of the molecule is Cc1ccc(Oc2ccc(NC(=O)[C@@H](N)C(C)(C)C)cn2)cc1. The summed E-state index contributed by atoms with van der Waals surface area (Å²) in [7, 11) is 0. The zero-order valence-corrected chi connectivity index (χ0v) is 14.0. The molecule has 5 heteroatoms. The number of amides is 1. The summed E-state index contributed by atoms with van der Waals surface area (Å²) in [6.45, 7) is 7.79. The number of carbonyl (C=O) groups excluding carboxylic acids is 1. The minimum atomic E-state index is -0.592. The fourth-order valence-corrected chi connectivity index (χ4v) is 1.85. The molecule has 0 saturated carbocycles. The molecule has 23 heavy (non-hydrogen) atoms. The van der Waals surface area contributed by atoms with E-state index in [0.717, 1.165) is 5.75 Å². The normalized spacial score (nSPS) is 12.6. The van der Waals surface area contributed by atoms with E-state index in [1.165, 1.54) is 5.56 Å². The van der Waals surface area contributed by atoms with Crippen molar-refractivity contribution in [1.29, 1.82) is 0 Å². The third-order valence-electron chi connectivity index (χ3n) is 3.46. The number of anilines is 1. The molecule has 0 fully saturated rings. The minimum absolute atomic E-state index is 0.230. The Hall–Kier alpha value is -2.40. The van der Waals surface area contributed by atoms with Crippen LogP contribution < -0.4 is 15.8 Å². The van der Waals surface area contributed by atoms with Gasteiger partial charge in [0, 0.05) is 6.07 Å². The first-order valence-electron chi connectivity index (χ1n) is 7.53. The van der Waals surface area contributed by atoms with Crippen molar-refractivity contribution >= 4 is 11.6 Å². The number of hydrogen-bond donors (Lipinski definition) is 2. The topological polar surface area (TPSA) is 77.2 Å². The first-order valence-corrected chi connectivity index (χ1v) is 7.53. The molecule has 3 N–H and O–H groups in total. The maximum atomic E-state index is 12.1.